The van der Waals surface area contributed by atoms with E-state index in [0.29, 0.717) is 16.3 Å². The maximum absolute atomic E-state index is 13.7. The molecule has 0 aliphatic carbocycles. The van der Waals surface area contributed by atoms with Crippen LogP contribution in [0.5, 0.6) is 0 Å². The predicted molar refractivity (Wildman–Crippen MR) is 69.1 cm³/mol. The van der Waals surface area contributed by atoms with Gasteiger partial charge >= 0.3 is 0 Å². The molecule has 2 rings (SSSR count). The van der Waals surface area contributed by atoms with Crippen molar-refractivity contribution in [2.24, 2.45) is 5.41 Å². The Bertz CT molecular complexity index is 400. The first-order valence-corrected chi connectivity index (χ1v) is 6.48. The fourth-order valence-electron chi connectivity index (χ4n) is 2.25. The fraction of sp³-hybridized carbons (Fsp3) is 0.615. The van der Waals surface area contributed by atoms with E-state index in [1.807, 2.05) is 4.90 Å². The molecule has 1 aliphatic heterocycles. The minimum atomic E-state index is -0.322. The Kier molecular flexibility index (Phi) is 3.57. The molecule has 4 heteroatoms. The molecule has 0 spiro atoms. The van der Waals surface area contributed by atoms with Crippen molar-refractivity contribution < 1.29 is 4.39 Å². The van der Waals surface area contributed by atoms with Gasteiger partial charge in [-0.15, -0.1) is 0 Å². The quantitative estimate of drug-likeness (QED) is 0.798. The summed E-state index contributed by atoms with van der Waals surface area (Å²) in [5.41, 5.74) is 0.402. The van der Waals surface area contributed by atoms with Gasteiger partial charge in [0, 0.05) is 19.3 Å². The van der Waals surface area contributed by atoms with Crippen molar-refractivity contribution in [2.45, 2.75) is 33.1 Å². The normalized spacial score (nSPS) is 19.4. The minimum Gasteiger partial charge on any atom is -0.354 e. The maximum atomic E-state index is 13.7. The van der Waals surface area contributed by atoms with Gasteiger partial charge in [-0.25, -0.2) is 9.37 Å². The molecule has 1 saturated heterocycles. The van der Waals surface area contributed by atoms with Gasteiger partial charge in [0.05, 0.1) is 5.02 Å². The second-order valence-corrected chi connectivity index (χ2v) is 5.55. The molecule has 0 aromatic carbocycles. The summed E-state index contributed by atoms with van der Waals surface area (Å²) in [5, 5.41) is 0.349. The maximum Gasteiger partial charge on any atom is 0.167 e. The summed E-state index contributed by atoms with van der Waals surface area (Å²) in [4.78, 5) is 6.11. The standard InChI is InChI=1S/C13H18ClFN2/c1-3-13(2)4-6-17(7-5-13)12-11(15)8-10(14)9-16-12/h8-9H,3-7H2,1-2H3. The highest BCUT2D eigenvalue weighted by atomic mass is 35.5. The molecular weight excluding hydrogens is 239 g/mol. The van der Waals surface area contributed by atoms with Gasteiger partial charge in [-0.3, -0.25) is 0 Å². The van der Waals surface area contributed by atoms with E-state index in [1.54, 1.807) is 0 Å². The Morgan fingerprint density at radius 1 is 1.47 bits per heavy atom. The van der Waals surface area contributed by atoms with Crippen LogP contribution in [0.2, 0.25) is 5.02 Å². The Labute approximate surface area is 107 Å². The molecule has 0 atom stereocenters. The number of aromatic nitrogens is 1. The summed E-state index contributed by atoms with van der Waals surface area (Å²) >= 11 is 5.70. The number of hydrogen-bond donors (Lipinski definition) is 0. The van der Waals surface area contributed by atoms with Crippen LogP contribution in [0.25, 0.3) is 0 Å². The highest BCUT2D eigenvalue weighted by Crippen LogP contribution is 2.35. The molecule has 0 bridgehead atoms. The van der Waals surface area contributed by atoms with Gasteiger partial charge in [-0.1, -0.05) is 31.9 Å². The average molecular weight is 257 g/mol. The lowest BCUT2D eigenvalue weighted by Gasteiger charge is -2.39. The number of rotatable bonds is 2. The SMILES string of the molecule is CCC1(C)CCN(c2ncc(Cl)cc2F)CC1. The van der Waals surface area contributed by atoms with Gasteiger partial charge in [0.25, 0.3) is 0 Å². The number of pyridine rings is 1. The molecule has 2 heterocycles. The van der Waals surface area contributed by atoms with Crippen molar-refractivity contribution in [1.82, 2.24) is 4.98 Å². The van der Waals surface area contributed by atoms with Crippen LogP contribution in [0.1, 0.15) is 33.1 Å². The second-order valence-electron chi connectivity index (χ2n) is 5.11. The van der Waals surface area contributed by atoms with E-state index in [-0.39, 0.29) is 5.82 Å². The van der Waals surface area contributed by atoms with Crippen LogP contribution in [0.4, 0.5) is 10.2 Å². The fourth-order valence-corrected chi connectivity index (χ4v) is 2.40. The summed E-state index contributed by atoms with van der Waals surface area (Å²) in [6, 6.07) is 1.33. The highest BCUT2D eigenvalue weighted by Gasteiger charge is 2.29. The van der Waals surface area contributed by atoms with E-state index < -0.39 is 0 Å². The van der Waals surface area contributed by atoms with Gasteiger partial charge in [-0.05, 0) is 24.3 Å². The van der Waals surface area contributed by atoms with Gasteiger partial charge in [-0.2, -0.15) is 0 Å². The molecular formula is C13H18ClFN2. The molecule has 17 heavy (non-hydrogen) atoms. The van der Waals surface area contributed by atoms with Crippen LogP contribution in [0.3, 0.4) is 0 Å². The zero-order valence-electron chi connectivity index (χ0n) is 10.3. The molecule has 2 nitrogen and oxygen atoms in total. The van der Waals surface area contributed by atoms with Crippen LogP contribution >= 0.6 is 11.6 Å². The number of hydrogen-bond acceptors (Lipinski definition) is 2. The van der Waals surface area contributed by atoms with Crippen LogP contribution in [-0.4, -0.2) is 18.1 Å². The van der Waals surface area contributed by atoms with E-state index in [4.69, 9.17) is 11.6 Å². The number of nitrogens with zero attached hydrogens (tertiary/aromatic N) is 2. The van der Waals surface area contributed by atoms with Crippen molar-refractivity contribution >= 4 is 17.4 Å². The Hall–Kier alpha value is -0.830. The lowest BCUT2D eigenvalue weighted by atomic mass is 9.78. The van der Waals surface area contributed by atoms with E-state index in [0.717, 1.165) is 25.9 Å². The molecule has 0 unspecified atom stereocenters. The molecule has 0 saturated carbocycles. The molecule has 94 valence electrons. The van der Waals surface area contributed by atoms with Crippen LogP contribution in [-0.2, 0) is 0 Å². The number of halogens is 2. The highest BCUT2D eigenvalue weighted by molar-refractivity contribution is 6.30. The zero-order chi connectivity index (χ0) is 12.5. The smallest absolute Gasteiger partial charge is 0.167 e. The van der Waals surface area contributed by atoms with Gasteiger partial charge in [0.1, 0.15) is 0 Å². The molecule has 1 aromatic rings. The first-order chi connectivity index (χ1) is 8.04. The third kappa shape index (κ3) is 2.71. The summed E-state index contributed by atoms with van der Waals surface area (Å²) in [7, 11) is 0. The Balaban J connectivity index is 2.10. The Morgan fingerprint density at radius 2 is 2.12 bits per heavy atom. The molecule has 0 radical (unpaired) electrons. The predicted octanol–water partition coefficient (Wildman–Crippen LogP) is 3.89. The lowest BCUT2D eigenvalue weighted by Crippen LogP contribution is -2.39. The van der Waals surface area contributed by atoms with Crippen LogP contribution < -0.4 is 4.90 Å². The first-order valence-electron chi connectivity index (χ1n) is 6.10. The van der Waals surface area contributed by atoms with Gasteiger partial charge in [0.15, 0.2) is 11.6 Å². The summed E-state index contributed by atoms with van der Waals surface area (Å²) < 4.78 is 13.7. The molecule has 1 aromatic heterocycles. The van der Waals surface area contributed by atoms with Crippen molar-refractivity contribution in [2.75, 3.05) is 18.0 Å². The van der Waals surface area contributed by atoms with Crippen molar-refractivity contribution in [1.29, 1.82) is 0 Å². The van der Waals surface area contributed by atoms with E-state index in [1.165, 1.54) is 18.7 Å². The van der Waals surface area contributed by atoms with Crippen LogP contribution in [0, 0.1) is 11.2 Å². The van der Waals surface area contributed by atoms with Gasteiger partial charge < -0.3 is 4.90 Å². The molecule has 1 aliphatic rings. The topological polar surface area (TPSA) is 16.1 Å². The molecule has 0 amide bonds. The van der Waals surface area contributed by atoms with Gasteiger partial charge in [0.2, 0.25) is 0 Å². The van der Waals surface area contributed by atoms with Crippen molar-refractivity contribution in [3.05, 3.63) is 23.1 Å². The summed E-state index contributed by atoms with van der Waals surface area (Å²) in [6.45, 7) is 6.26. The first kappa shape index (κ1) is 12.6. The third-order valence-electron chi connectivity index (χ3n) is 3.91. The zero-order valence-corrected chi connectivity index (χ0v) is 11.1. The monoisotopic (exact) mass is 256 g/mol. The van der Waals surface area contributed by atoms with Crippen molar-refractivity contribution in [3.8, 4) is 0 Å². The van der Waals surface area contributed by atoms with E-state index in [2.05, 4.69) is 18.8 Å². The largest absolute Gasteiger partial charge is 0.354 e. The third-order valence-corrected chi connectivity index (χ3v) is 4.12. The minimum absolute atomic E-state index is 0.322. The van der Waals surface area contributed by atoms with E-state index >= 15 is 0 Å². The summed E-state index contributed by atoms with van der Waals surface area (Å²) in [5.74, 6) is 0.116. The van der Waals surface area contributed by atoms with Crippen LogP contribution in [0.15, 0.2) is 12.3 Å². The number of anilines is 1. The van der Waals surface area contributed by atoms with E-state index in [9.17, 15) is 4.39 Å². The lowest BCUT2D eigenvalue weighted by molar-refractivity contribution is 0.237. The summed E-state index contributed by atoms with van der Waals surface area (Å²) in [6.07, 6.45) is 4.87. The molecule has 0 N–H and O–H groups in total. The molecule has 1 fully saturated rings. The number of piperidine rings is 1. The van der Waals surface area contributed by atoms with Crippen molar-refractivity contribution in [3.63, 3.8) is 0 Å². The Morgan fingerprint density at radius 3 is 2.65 bits per heavy atom. The second kappa shape index (κ2) is 4.81. The average Bonchev–Trinajstić information content (AvgIpc) is 2.31.